The lowest BCUT2D eigenvalue weighted by Crippen LogP contribution is -2.43. The zero-order valence-electron chi connectivity index (χ0n) is 16.3. The van der Waals surface area contributed by atoms with Gasteiger partial charge < -0.3 is 9.84 Å². The van der Waals surface area contributed by atoms with Gasteiger partial charge in [-0.05, 0) is 49.3 Å². The van der Waals surface area contributed by atoms with E-state index in [1.165, 1.54) is 44.1 Å². The highest BCUT2D eigenvalue weighted by Crippen LogP contribution is 2.57. The molecule has 24 heavy (non-hydrogen) atoms. The Labute approximate surface area is 148 Å². The monoisotopic (exact) mass is 332 g/mol. The second-order valence-electron chi connectivity index (χ2n) is 8.60. The molecule has 0 amide bonds. The Morgan fingerprint density at radius 3 is 2.08 bits per heavy atom. The van der Waals surface area contributed by atoms with E-state index in [0.717, 1.165) is 18.6 Å². The third-order valence-corrected chi connectivity index (χ3v) is 5.42. The number of rotatable bonds is 8. The standard InChI is InChI=1S/C22H36O2/c1-6-8-10-14-22(15-11-9-7-2)20(21(3,4)5)18-16-17(23)12-13-19(18)24-22/h12-13,16,20,23H,6-11,14-15H2,1-5H3. The first-order valence-electron chi connectivity index (χ1n) is 9.86. The summed E-state index contributed by atoms with van der Waals surface area (Å²) in [6.45, 7) is 11.5. The van der Waals surface area contributed by atoms with Crippen LogP contribution in [0.4, 0.5) is 0 Å². The predicted molar refractivity (Wildman–Crippen MR) is 102 cm³/mol. The zero-order valence-corrected chi connectivity index (χ0v) is 16.3. The molecule has 0 aliphatic carbocycles. The van der Waals surface area contributed by atoms with Gasteiger partial charge in [0.15, 0.2) is 0 Å². The highest BCUT2D eigenvalue weighted by molar-refractivity contribution is 5.48. The van der Waals surface area contributed by atoms with Gasteiger partial charge in [-0.1, -0.05) is 60.3 Å². The first-order valence-corrected chi connectivity index (χ1v) is 9.86. The Kier molecular flexibility index (Phi) is 6.22. The van der Waals surface area contributed by atoms with Crippen LogP contribution in [0.15, 0.2) is 18.2 Å². The maximum Gasteiger partial charge on any atom is 0.124 e. The highest BCUT2D eigenvalue weighted by Gasteiger charge is 2.52. The average Bonchev–Trinajstić information content (AvgIpc) is 2.81. The van der Waals surface area contributed by atoms with Crippen LogP contribution in [0.2, 0.25) is 0 Å². The summed E-state index contributed by atoms with van der Waals surface area (Å²) >= 11 is 0. The van der Waals surface area contributed by atoms with E-state index < -0.39 is 0 Å². The molecule has 1 aromatic carbocycles. The van der Waals surface area contributed by atoms with E-state index in [0.29, 0.717) is 11.7 Å². The van der Waals surface area contributed by atoms with Gasteiger partial charge in [0, 0.05) is 11.5 Å². The van der Waals surface area contributed by atoms with Crippen molar-refractivity contribution >= 4 is 0 Å². The molecule has 2 rings (SSSR count). The van der Waals surface area contributed by atoms with Crippen LogP contribution in [-0.2, 0) is 0 Å². The van der Waals surface area contributed by atoms with Gasteiger partial charge in [-0.15, -0.1) is 0 Å². The largest absolute Gasteiger partial charge is 0.508 e. The molecule has 1 aliphatic heterocycles. The minimum Gasteiger partial charge on any atom is -0.508 e. The Hall–Kier alpha value is -1.18. The van der Waals surface area contributed by atoms with Gasteiger partial charge in [0.05, 0.1) is 0 Å². The fraction of sp³-hybridized carbons (Fsp3) is 0.727. The zero-order chi connectivity index (χ0) is 17.8. The molecule has 0 spiro atoms. The molecule has 0 radical (unpaired) electrons. The van der Waals surface area contributed by atoms with Gasteiger partial charge in [0.1, 0.15) is 17.1 Å². The number of hydrogen-bond acceptors (Lipinski definition) is 2. The van der Waals surface area contributed by atoms with Crippen molar-refractivity contribution in [1.29, 1.82) is 0 Å². The molecule has 1 aromatic rings. The summed E-state index contributed by atoms with van der Waals surface area (Å²) in [5.41, 5.74) is 1.20. The van der Waals surface area contributed by atoms with Crippen molar-refractivity contribution in [2.45, 2.75) is 97.5 Å². The maximum absolute atomic E-state index is 10.0. The summed E-state index contributed by atoms with van der Waals surface area (Å²) in [6.07, 6.45) is 9.65. The number of aromatic hydroxyl groups is 1. The van der Waals surface area contributed by atoms with Gasteiger partial charge in [0.25, 0.3) is 0 Å². The van der Waals surface area contributed by atoms with Gasteiger partial charge >= 0.3 is 0 Å². The first-order chi connectivity index (χ1) is 11.3. The fourth-order valence-electron chi connectivity index (χ4n) is 4.54. The normalized spacial score (nSPS) is 19.1. The molecule has 1 atom stereocenters. The number of unbranched alkanes of at least 4 members (excludes halogenated alkanes) is 4. The van der Waals surface area contributed by atoms with Crippen molar-refractivity contribution in [1.82, 2.24) is 0 Å². The molecule has 0 fully saturated rings. The molecule has 1 heterocycles. The van der Waals surface area contributed by atoms with Crippen LogP contribution in [-0.4, -0.2) is 10.7 Å². The fourth-order valence-corrected chi connectivity index (χ4v) is 4.54. The van der Waals surface area contributed by atoms with E-state index in [1.807, 2.05) is 12.1 Å². The second-order valence-corrected chi connectivity index (χ2v) is 8.60. The number of fused-ring (bicyclic) bond motifs is 1. The van der Waals surface area contributed by atoms with Crippen LogP contribution in [0.5, 0.6) is 11.5 Å². The number of benzene rings is 1. The molecule has 1 N–H and O–H groups in total. The molecule has 0 saturated carbocycles. The molecule has 1 unspecified atom stereocenters. The number of phenols is 1. The van der Waals surface area contributed by atoms with Crippen molar-refractivity contribution in [2.75, 3.05) is 0 Å². The van der Waals surface area contributed by atoms with E-state index in [2.05, 4.69) is 34.6 Å². The lowest BCUT2D eigenvalue weighted by Gasteiger charge is -2.42. The first kappa shape index (κ1) is 19.1. The Morgan fingerprint density at radius 2 is 1.58 bits per heavy atom. The average molecular weight is 333 g/mol. The van der Waals surface area contributed by atoms with Crippen molar-refractivity contribution < 1.29 is 9.84 Å². The van der Waals surface area contributed by atoms with Crippen LogP contribution < -0.4 is 4.74 Å². The molecular formula is C22H36O2. The topological polar surface area (TPSA) is 29.5 Å². The van der Waals surface area contributed by atoms with Gasteiger partial charge in [-0.3, -0.25) is 0 Å². The number of phenolic OH excluding ortho intramolecular Hbond substituents is 1. The molecule has 2 heteroatoms. The van der Waals surface area contributed by atoms with Gasteiger partial charge in [0.2, 0.25) is 0 Å². The van der Waals surface area contributed by atoms with E-state index in [-0.39, 0.29) is 11.0 Å². The molecule has 1 aliphatic rings. The van der Waals surface area contributed by atoms with Crippen molar-refractivity contribution in [3.05, 3.63) is 23.8 Å². The Bertz CT molecular complexity index is 517. The van der Waals surface area contributed by atoms with E-state index >= 15 is 0 Å². The molecule has 2 nitrogen and oxygen atoms in total. The number of ether oxygens (including phenoxy) is 1. The SMILES string of the molecule is CCCCCC1(CCCCC)Oc2ccc(O)cc2C1C(C)(C)C. The summed E-state index contributed by atoms with van der Waals surface area (Å²) in [5.74, 6) is 1.67. The lowest BCUT2D eigenvalue weighted by molar-refractivity contribution is 0.00884. The van der Waals surface area contributed by atoms with Crippen LogP contribution in [0, 0.1) is 5.41 Å². The van der Waals surface area contributed by atoms with Crippen LogP contribution in [0.3, 0.4) is 0 Å². The molecule has 136 valence electrons. The van der Waals surface area contributed by atoms with E-state index in [9.17, 15) is 5.11 Å². The summed E-state index contributed by atoms with van der Waals surface area (Å²) in [7, 11) is 0. The molecular weight excluding hydrogens is 296 g/mol. The second kappa shape index (κ2) is 7.80. The van der Waals surface area contributed by atoms with E-state index in [1.54, 1.807) is 6.07 Å². The quantitative estimate of drug-likeness (QED) is 0.530. The predicted octanol–water partition coefficient (Wildman–Crippen LogP) is 6.81. The third kappa shape index (κ3) is 4.07. The van der Waals surface area contributed by atoms with Gasteiger partial charge in [-0.2, -0.15) is 0 Å². The van der Waals surface area contributed by atoms with Crippen molar-refractivity contribution in [3.63, 3.8) is 0 Å². The highest BCUT2D eigenvalue weighted by atomic mass is 16.5. The maximum atomic E-state index is 10.0. The molecule has 0 aromatic heterocycles. The summed E-state index contributed by atoms with van der Waals surface area (Å²) in [6, 6.07) is 5.66. The van der Waals surface area contributed by atoms with Gasteiger partial charge in [-0.25, -0.2) is 0 Å². The molecule has 0 bridgehead atoms. The van der Waals surface area contributed by atoms with E-state index in [4.69, 9.17) is 4.74 Å². The number of hydrogen-bond donors (Lipinski definition) is 1. The molecule has 0 saturated heterocycles. The van der Waals surface area contributed by atoms with Crippen molar-refractivity contribution in [3.8, 4) is 11.5 Å². The van der Waals surface area contributed by atoms with Crippen LogP contribution in [0.25, 0.3) is 0 Å². The Morgan fingerprint density at radius 1 is 1.00 bits per heavy atom. The summed E-state index contributed by atoms with van der Waals surface area (Å²) in [4.78, 5) is 0. The third-order valence-electron chi connectivity index (χ3n) is 5.42. The van der Waals surface area contributed by atoms with Crippen molar-refractivity contribution in [2.24, 2.45) is 5.41 Å². The smallest absolute Gasteiger partial charge is 0.124 e. The Balaban J connectivity index is 2.38. The van der Waals surface area contributed by atoms with Crippen LogP contribution >= 0.6 is 0 Å². The van der Waals surface area contributed by atoms with Crippen LogP contribution in [0.1, 0.15) is 97.5 Å². The minimum absolute atomic E-state index is 0.109. The minimum atomic E-state index is -0.112. The summed E-state index contributed by atoms with van der Waals surface area (Å²) in [5, 5.41) is 10.0. The summed E-state index contributed by atoms with van der Waals surface area (Å²) < 4.78 is 6.67. The lowest BCUT2D eigenvalue weighted by atomic mass is 9.65.